The highest BCUT2D eigenvalue weighted by Gasteiger charge is 2.13. The molecule has 0 saturated carbocycles. The Kier molecular flexibility index (Phi) is 3.95. The van der Waals surface area contributed by atoms with Crippen molar-refractivity contribution >= 4 is 16.3 Å². The van der Waals surface area contributed by atoms with Gasteiger partial charge in [-0.1, -0.05) is 6.07 Å². The van der Waals surface area contributed by atoms with Crippen LogP contribution in [0.4, 0.5) is 0 Å². The van der Waals surface area contributed by atoms with Crippen LogP contribution in [0.15, 0.2) is 40.6 Å². The molecule has 0 unspecified atom stereocenters. The minimum atomic E-state index is -0.0380. The van der Waals surface area contributed by atoms with Gasteiger partial charge in [0.15, 0.2) is 16.5 Å². The molecule has 24 heavy (non-hydrogen) atoms. The van der Waals surface area contributed by atoms with E-state index in [-0.39, 0.29) is 5.56 Å². The molecule has 0 saturated heterocycles. The second kappa shape index (κ2) is 6.26. The van der Waals surface area contributed by atoms with Crippen LogP contribution in [0.1, 0.15) is 11.3 Å². The van der Waals surface area contributed by atoms with Gasteiger partial charge in [-0.05, 0) is 24.7 Å². The van der Waals surface area contributed by atoms with Crippen LogP contribution in [0.5, 0.6) is 11.5 Å². The summed E-state index contributed by atoms with van der Waals surface area (Å²) in [7, 11) is 2.01. The minimum absolute atomic E-state index is 0.0380. The second-order valence-electron chi connectivity index (χ2n) is 5.79. The lowest BCUT2D eigenvalue weighted by atomic mass is 10.2. The molecule has 3 aromatic rings. The van der Waals surface area contributed by atoms with E-state index in [1.165, 1.54) is 11.3 Å². The zero-order valence-corrected chi connectivity index (χ0v) is 14.1. The predicted molar refractivity (Wildman–Crippen MR) is 91.9 cm³/mol. The van der Waals surface area contributed by atoms with E-state index in [0.29, 0.717) is 19.8 Å². The number of nitrogens with zero attached hydrogens (tertiary/aromatic N) is 3. The molecule has 1 aliphatic rings. The quantitative estimate of drug-likeness (QED) is 0.727. The third-order valence-corrected chi connectivity index (χ3v) is 4.60. The lowest BCUT2D eigenvalue weighted by Crippen LogP contribution is -2.21. The van der Waals surface area contributed by atoms with Crippen LogP contribution < -0.4 is 15.0 Å². The van der Waals surface area contributed by atoms with Crippen molar-refractivity contribution in [3.8, 4) is 11.5 Å². The number of aromatic nitrogens is 2. The van der Waals surface area contributed by atoms with E-state index < -0.39 is 0 Å². The van der Waals surface area contributed by atoms with Gasteiger partial charge in [-0.15, -0.1) is 11.3 Å². The van der Waals surface area contributed by atoms with Crippen molar-refractivity contribution in [3.63, 3.8) is 0 Å². The Bertz CT molecular complexity index is 934. The summed E-state index contributed by atoms with van der Waals surface area (Å²) in [5.41, 5.74) is 1.88. The number of ether oxygens (including phenoxy) is 2. The molecule has 0 aliphatic carbocycles. The number of rotatable bonds is 4. The van der Waals surface area contributed by atoms with E-state index in [4.69, 9.17) is 9.47 Å². The molecule has 7 heteroatoms. The fourth-order valence-electron chi connectivity index (χ4n) is 2.80. The van der Waals surface area contributed by atoms with Gasteiger partial charge >= 0.3 is 0 Å². The van der Waals surface area contributed by atoms with Crippen LogP contribution in [-0.2, 0) is 13.1 Å². The minimum Gasteiger partial charge on any atom is -0.486 e. The predicted octanol–water partition coefficient (Wildman–Crippen LogP) is 2.16. The van der Waals surface area contributed by atoms with Crippen molar-refractivity contribution in [3.05, 3.63) is 57.5 Å². The number of hydrogen-bond acceptors (Lipinski definition) is 6. The summed E-state index contributed by atoms with van der Waals surface area (Å²) in [5.74, 6) is 1.59. The maximum atomic E-state index is 12.0. The fraction of sp³-hybridized carbons (Fsp3) is 0.294. The highest BCUT2D eigenvalue weighted by atomic mass is 32.1. The molecule has 0 amide bonds. The molecular formula is C17H17N3O3S. The molecule has 0 fully saturated rings. The summed E-state index contributed by atoms with van der Waals surface area (Å²) in [4.78, 5) is 19.4. The Labute approximate surface area is 142 Å². The SMILES string of the molecule is CN(Cc1ccc2c(c1)OCCO2)Cc1cc(=O)n2ccsc2n1. The largest absolute Gasteiger partial charge is 0.486 e. The zero-order valence-electron chi connectivity index (χ0n) is 13.3. The smallest absolute Gasteiger partial charge is 0.258 e. The molecule has 0 N–H and O–H groups in total. The topological polar surface area (TPSA) is 56.1 Å². The van der Waals surface area contributed by atoms with E-state index in [9.17, 15) is 4.79 Å². The first-order chi connectivity index (χ1) is 11.7. The molecule has 2 aromatic heterocycles. The molecule has 3 heterocycles. The van der Waals surface area contributed by atoms with Crippen LogP contribution in [0.25, 0.3) is 4.96 Å². The van der Waals surface area contributed by atoms with Crippen molar-refractivity contribution in [2.75, 3.05) is 20.3 Å². The maximum absolute atomic E-state index is 12.0. The first-order valence-corrected chi connectivity index (χ1v) is 8.60. The van der Waals surface area contributed by atoms with Crippen LogP contribution in [0.3, 0.4) is 0 Å². The fourth-order valence-corrected chi connectivity index (χ4v) is 3.54. The van der Waals surface area contributed by atoms with Crippen LogP contribution in [-0.4, -0.2) is 34.5 Å². The number of benzene rings is 1. The van der Waals surface area contributed by atoms with E-state index in [1.807, 2.05) is 30.6 Å². The standard InChI is InChI=1S/C17H17N3O3S/c1-19(10-12-2-3-14-15(8-12)23-6-5-22-14)11-13-9-16(21)20-4-7-24-17(20)18-13/h2-4,7-9H,5-6,10-11H2,1H3. The Balaban J connectivity index is 1.49. The molecule has 1 aliphatic heterocycles. The third kappa shape index (κ3) is 3.00. The summed E-state index contributed by atoms with van der Waals surface area (Å²) in [6.07, 6.45) is 1.75. The molecule has 0 bridgehead atoms. The molecule has 4 rings (SSSR count). The van der Waals surface area contributed by atoms with Crippen molar-refractivity contribution in [2.24, 2.45) is 0 Å². The second-order valence-corrected chi connectivity index (χ2v) is 6.66. The lowest BCUT2D eigenvalue weighted by molar-refractivity contribution is 0.171. The number of fused-ring (bicyclic) bond motifs is 2. The average Bonchev–Trinajstić information content (AvgIpc) is 3.03. The van der Waals surface area contributed by atoms with Crippen molar-refractivity contribution in [2.45, 2.75) is 13.1 Å². The van der Waals surface area contributed by atoms with Gasteiger partial charge in [0, 0.05) is 30.7 Å². The van der Waals surface area contributed by atoms with Gasteiger partial charge in [-0.3, -0.25) is 14.1 Å². The Hall–Kier alpha value is -2.38. The summed E-state index contributed by atoms with van der Waals surface area (Å²) < 4.78 is 12.7. The normalized spacial score (nSPS) is 13.6. The van der Waals surface area contributed by atoms with E-state index in [2.05, 4.69) is 9.88 Å². The summed E-state index contributed by atoms with van der Waals surface area (Å²) in [6.45, 7) is 2.53. The zero-order chi connectivity index (χ0) is 16.5. The van der Waals surface area contributed by atoms with Gasteiger partial charge < -0.3 is 9.47 Å². The lowest BCUT2D eigenvalue weighted by Gasteiger charge is -2.21. The van der Waals surface area contributed by atoms with E-state index in [1.54, 1.807) is 16.7 Å². The molecule has 0 atom stereocenters. The number of thiazole rings is 1. The first-order valence-electron chi connectivity index (χ1n) is 7.72. The van der Waals surface area contributed by atoms with Crippen LogP contribution in [0.2, 0.25) is 0 Å². The van der Waals surface area contributed by atoms with Gasteiger partial charge in [0.25, 0.3) is 5.56 Å². The van der Waals surface area contributed by atoms with Crippen molar-refractivity contribution in [1.82, 2.24) is 14.3 Å². The molecule has 6 nitrogen and oxygen atoms in total. The number of hydrogen-bond donors (Lipinski definition) is 0. The molecule has 1 aromatic carbocycles. The van der Waals surface area contributed by atoms with E-state index >= 15 is 0 Å². The van der Waals surface area contributed by atoms with E-state index in [0.717, 1.165) is 34.3 Å². The van der Waals surface area contributed by atoms with Gasteiger partial charge in [0.2, 0.25) is 0 Å². The Morgan fingerprint density at radius 2 is 2.04 bits per heavy atom. The summed E-state index contributed by atoms with van der Waals surface area (Å²) in [5, 5.41) is 1.87. The van der Waals surface area contributed by atoms with Gasteiger partial charge in [0.05, 0.1) is 5.69 Å². The molecule has 0 radical (unpaired) electrons. The third-order valence-electron chi connectivity index (χ3n) is 3.85. The Morgan fingerprint density at radius 3 is 2.92 bits per heavy atom. The van der Waals surface area contributed by atoms with Crippen molar-refractivity contribution < 1.29 is 9.47 Å². The van der Waals surface area contributed by atoms with Crippen LogP contribution in [0, 0.1) is 0 Å². The molecular weight excluding hydrogens is 326 g/mol. The van der Waals surface area contributed by atoms with Crippen molar-refractivity contribution in [1.29, 1.82) is 0 Å². The highest BCUT2D eigenvalue weighted by molar-refractivity contribution is 7.15. The maximum Gasteiger partial charge on any atom is 0.258 e. The van der Waals surface area contributed by atoms with Crippen LogP contribution >= 0.6 is 11.3 Å². The van der Waals surface area contributed by atoms with Gasteiger partial charge in [-0.25, -0.2) is 4.98 Å². The van der Waals surface area contributed by atoms with Gasteiger partial charge in [0.1, 0.15) is 13.2 Å². The summed E-state index contributed by atoms with van der Waals surface area (Å²) in [6, 6.07) is 7.59. The molecule has 0 spiro atoms. The monoisotopic (exact) mass is 343 g/mol. The average molecular weight is 343 g/mol. The van der Waals surface area contributed by atoms with Gasteiger partial charge in [-0.2, -0.15) is 0 Å². The summed E-state index contributed by atoms with van der Waals surface area (Å²) >= 11 is 1.47. The molecule has 124 valence electrons. The highest BCUT2D eigenvalue weighted by Crippen LogP contribution is 2.31. The Morgan fingerprint density at radius 1 is 1.21 bits per heavy atom. The first kappa shape index (κ1) is 15.2.